The highest BCUT2D eigenvalue weighted by Crippen LogP contribution is 2.37. The molecular formula is C16H22N4O3S. The Hall–Kier alpha value is -1.67. The Kier molecular flexibility index (Phi) is 3.76. The van der Waals surface area contributed by atoms with Crippen molar-refractivity contribution >= 4 is 10.0 Å². The molecule has 0 radical (unpaired) electrons. The molecule has 2 fully saturated rings. The van der Waals surface area contributed by atoms with E-state index in [4.69, 9.17) is 4.42 Å². The van der Waals surface area contributed by atoms with Gasteiger partial charge in [-0.25, -0.2) is 13.1 Å². The lowest BCUT2D eigenvalue weighted by atomic mass is 9.85. The number of aryl methyl sites for hydroxylation is 1. The Morgan fingerprint density at radius 3 is 2.58 bits per heavy atom. The van der Waals surface area contributed by atoms with Crippen LogP contribution in [0.3, 0.4) is 0 Å². The standard InChI is InChI=1S/C16H22N4O3S/c1-9-13(16-20-19-15(23-16)12-4-3-5-12)18-10(2)14(9)24(21,22)17-8-11-6-7-11/h11-12,17-18H,3-8H2,1-2H3. The van der Waals surface area contributed by atoms with Gasteiger partial charge in [-0.05, 0) is 51.0 Å². The van der Waals surface area contributed by atoms with Crippen molar-refractivity contribution < 1.29 is 12.8 Å². The van der Waals surface area contributed by atoms with E-state index >= 15 is 0 Å². The minimum Gasteiger partial charge on any atom is -0.419 e. The van der Waals surface area contributed by atoms with Crippen LogP contribution in [0.5, 0.6) is 0 Å². The molecule has 0 bridgehead atoms. The van der Waals surface area contributed by atoms with Crippen molar-refractivity contribution in [2.45, 2.75) is 56.8 Å². The highest BCUT2D eigenvalue weighted by atomic mass is 32.2. The molecule has 2 aliphatic rings. The van der Waals surface area contributed by atoms with Gasteiger partial charge in [0.2, 0.25) is 15.9 Å². The third kappa shape index (κ3) is 2.77. The van der Waals surface area contributed by atoms with Gasteiger partial charge in [-0.3, -0.25) is 0 Å². The van der Waals surface area contributed by atoms with Crippen LogP contribution in [0.4, 0.5) is 0 Å². The summed E-state index contributed by atoms with van der Waals surface area (Å²) in [6.07, 6.45) is 5.55. The molecule has 0 spiro atoms. The van der Waals surface area contributed by atoms with Gasteiger partial charge in [-0.1, -0.05) is 6.42 Å². The highest BCUT2D eigenvalue weighted by Gasteiger charge is 2.30. The molecular weight excluding hydrogens is 328 g/mol. The van der Waals surface area contributed by atoms with Gasteiger partial charge in [0.1, 0.15) is 10.6 Å². The van der Waals surface area contributed by atoms with Gasteiger partial charge >= 0.3 is 0 Å². The Balaban J connectivity index is 1.64. The lowest BCUT2D eigenvalue weighted by molar-refractivity contribution is 0.338. The molecule has 2 N–H and O–H groups in total. The zero-order valence-corrected chi connectivity index (χ0v) is 14.7. The van der Waals surface area contributed by atoms with Gasteiger partial charge in [0, 0.05) is 18.2 Å². The van der Waals surface area contributed by atoms with Gasteiger partial charge in [0.05, 0.1) is 0 Å². The molecule has 2 aromatic rings. The SMILES string of the molecule is Cc1[nH]c(-c2nnc(C3CCC3)o2)c(C)c1S(=O)(=O)NCC1CC1. The van der Waals surface area contributed by atoms with Crippen LogP contribution in [0.25, 0.3) is 11.6 Å². The molecule has 2 aromatic heterocycles. The molecule has 2 heterocycles. The second-order valence-corrected chi connectivity index (χ2v) is 8.65. The number of nitrogens with zero attached hydrogens (tertiary/aromatic N) is 2. The summed E-state index contributed by atoms with van der Waals surface area (Å²) in [6.45, 7) is 4.04. The second-order valence-electron chi connectivity index (χ2n) is 6.95. The summed E-state index contributed by atoms with van der Waals surface area (Å²) in [5, 5.41) is 8.23. The van der Waals surface area contributed by atoms with Crippen molar-refractivity contribution in [3.8, 4) is 11.6 Å². The molecule has 0 amide bonds. The second kappa shape index (κ2) is 5.70. The summed E-state index contributed by atoms with van der Waals surface area (Å²) in [5.74, 6) is 1.85. The normalized spacial score (nSPS) is 18.8. The average Bonchev–Trinajstić information content (AvgIpc) is 3.10. The number of hydrogen-bond acceptors (Lipinski definition) is 5. The number of rotatable bonds is 6. The van der Waals surface area contributed by atoms with E-state index in [0.29, 0.717) is 52.0 Å². The van der Waals surface area contributed by atoms with E-state index in [1.165, 1.54) is 6.42 Å². The number of hydrogen-bond donors (Lipinski definition) is 2. The van der Waals surface area contributed by atoms with Crippen LogP contribution < -0.4 is 4.72 Å². The van der Waals surface area contributed by atoms with E-state index in [2.05, 4.69) is 19.9 Å². The maximum atomic E-state index is 12.6. The smallest absolute Gasteiger partial charge is 0.264 e. The molecule has 2 saturated carbocycles. The minimum absolute atomic E-state index is 0.293. The molecule has 4 rings (SSSR count). The van der Waals surface area contributed by atoms with Crippen LogP contribution in [0.15, 0.2) is 9.31 Å². The minimum atomic E-state index is -3.54. The number of nitrogens with one attached hydrogen (secondary N) is 2. The van der Waals surface area contributed by atoms with Crippen LogP contribution in [0.1, 0.15) is 55.2 Å². The largest absolute Gasteiger partial charge is 0.419 e. The fourth-order valence-electron chi connectivity index (χ4n) is 3.13. The van der Waals surface area contributed by atoms with Crippen LogP contribution in [-0.2, 0) is 10.0 Å². The van der Waals surface area contributed by atoms with E-state index in [1.54, 1.807) is 13.8 Å². The number of aromatic nitrogens is 3. The molecule has 8 heteroatoms. The van der Waals surface area contributed by atoms with Gasteiger partial charge < -0.3 is 9.40 Å². The first-order valence-corrected chi connectivity index (χ1v) is 9.96. The predicted octanol–water partition coefficient (Wildman–Crippen LogP) is 2.64. The molecule has 0 unspecified atom stereocenters. The van der Waals surface area contributed by atoms with Crippen molar-refractivity contribution in [1.82, 2.24) is 19.9 Å². The summed E-state index contributed by atoms with van der Waals surface area (Å²) in [5.41, 5.74) is 1.81. The van der Waals surface area contributed by atoms with Crippen molar-refractivity contribution in [2.75, 3.05) is 6.54 Å². The summed E-state index contributed by atoms with van der Waals surface area (Å²) in [4.78, 5) is 3.40. The van der Waals surface area contributed by atoms with Crippen molar-refractivity contribution in [3.63, 3.8) is 0 Å². The van der Waals surface area contributed by atoms with Crippen molar-refractivity contribution in [2.24, 2.45) is 5.92 Å². The summed E-state index contributed by atoms with van der Waals surface area (Å²) in [6, 6.07) is 0. The van der Waals surface area contributed by atoms with Crippen LogP contribution in [0, 0.1) is 19.8 Å². The zero-order chi connectivity index (χ0) is 16.9. The third-order valence-electron chi connectivity index (χ3n) is 5.01. The Bertz CT molecular complexity index is 860. The van der Waals surface area contributed by atoms with Crippen molar-refractivity contribution in [3.05, 3.63) is 17.1 Å². The van der Waals surface area contributed by atoms with E-state index < -0.39 is 10.0 Å². The first kappa shape index (κ1) is 15.8. The molecule has 0 atom stereocenters. The van der Waals surface area contributed by atoms with Crippen LogP contribution >= 0.6 is 0 Å². The van der Waals surface area contributed by atoms with Gasteiger partial charge in [-0.2, -0.15) is 0 Å². The Morgan fingerprint density at radius 1 is 1.21 bits per heavy atom. The summed E-state index contributed by atoms with van der Waals surface area (Å²) in [7, 11) is -3.54. The van der Waals surface area contributed by atoms with E-state index in [1.807, 2.05) is 0 Å². The first-order chi connectivity index (χ1) is 11.5. The monoisotopic (exact) mass is 350 g/mol. The van der Waals surface area contributed by atoms with Crippen LogP contribution in [0.2, 0.25) is 0 Å². The molecule has 24 heavy (non-hydrogen) atoms. The first-order valence-electron chi connectivity index (χ1n) is 8.48. The maximum absolute atomic E-state index is 12.6. The third-order valence-corrected chi connectivity index (χ3v) is 6.70. The average molecular weight is 350 g/mol. The fourth-order valence-corrected chi connectivity index (χ4v) is 4.69. The Labute approximate surface area is 141 Å². The zero-order valence-electron chi connectivity index (χ0n) is 13.9. The van der Waals surface area contributed by atoms with Gasteiger partial charge in [-0.15, -0.1) is 10.2 Å². The highest BCUT2D eigenvalue weighted by molar-refractivity contribution is 7.89. The lowest BCUT2D eigenvalue weighted by Gasteiger charge is -2.20. The predicted molar refractivity (Wildman–Crippen MR) is 88.1 cm³/mol. The quantitative estimate of drug-likeness (QED) is 0.834. The van der Waals surface area contributed by atoms with E-state index in [9.17, 15) is 8.42 Å². The van der Waals surface area contributed by atoms with Crippen LogP contribution in [-0.4, -0.2) is 30.1 Å². The molecule has 0 aliphatic heterocycles. The lowest BCUT2D eigenvalue weighted by Crippen LogP contribution is -2.26. The molecule has 0 saturated heterocycles. The van der Waals surface area contributed by atoms with E-state index in [-0.39, 0.29) is 0 Å². The summed E-state index contributed by atoms with van der Waals surface area (Å²) < 4.78 is 33.7. The molecule has 0 aromatic carbocycles. The number of aromatic amines is 1. The van der Waals surface area contributed by atoms with E-state index in [0.717, 1.165) is 25.7 Å². The molecule has 7 nitrogen and oxygen atoms in total. The molecule has 2 aliphatic carbocycles. The topological polar surface area (TPSA) is 101 Å². The Morgan fingerprint density at radius 2 is 1.96 bits per heavy atom. The number of H-pyrrole nitrogens is 1. The molecule has 130 valence electrons. The van der Waals surface area contributed by atoms with Gasteiger partial charge in [0.25, 0.3) is 5.89 Å². The summed E-state index contributed by atoms with van der Waals surface area (Å²) >= 11 is 0. The number of sulfonamides is 1. The maximum Gasteiger partial charge on any atom is 0.264 e. The fraction of sp³-hybridized carbons (Fsp3) is 0.625. The van der Waals surface area contributed by atoms with Gasteiger partial charge in [0.15, 0.2) is 0 Å². The van der Waals surface area contributed by atoms with Crippen molar-refractivity contribution in [1.29, 1.82) is 0 Å².